The van der Waals surface area contributed by atoms with Crippen molar-refractivity contribution in [2.45, 2.75) is 25.1 Å². The van der Waals surface area contributed by atoms with E-state index in [-0.39, 0.29) is 0 Å². The predicted octanol–water partition coefficient (Wildman–Crippen LogP) is 3.92. The highest BCUT2D eigenvalue weighted by atomic mass is 19.1. The number of aromatic nitrogens is 3. The molecule has 5 nitrogen and oxygen atoms in total. The first-order valence-electron chi connectivity index (χ1n) is 7.63. The van der Waals surface area contributed by atoms with Gasteiger partial charge in [-0.15, -0.1) is 0 Å². The summed E-state index contributed by atoms with van der Waals surface area (Å²) in [6.07, 6.45) is 2.40. The number of nitrogens with zero attached hydrogens (tertiary/aromatic N) is 2. The third kappa shape index (κ3) is 2.60. The molecule has 1 unspecified atom stereocenters. The Morgan fingerprint density at radius 3 is 2.91 bits per heavy atom. The molecule has 3 aromatic rings. The summed E-state index contributed by atoms with van der Waals surface area (Å²) in [5.74, 6) is 1.56. The number of ether oxygens (including phenoxy) is 1. The summed E-state index contributed by atoms with van der Waals surface area (Å²) in [7, 11) is 1.53. The highest BCUT2D eigenvalue weighted by Crippen LogP contribution is 2.41. The lowest BCUT2D eigenvalue weighted by Gasteiger charge is -2.14. The fourth-order valence-corrected chi connectivity index (χ4v) is 2.76. The van der Waals surface area contributed by atoms with E-state index in [0.29, 0.717) is 23.0 Å². The van der Waals surface area contributed by atoms with Gasteiger partial charge in [-0.1, -0.05) is 18.2 Å². The normalized spacial score (nSPS) is 15.6. The van der Waals surface area contributed by atoms with Crippen LogP contribution in [0.1, 0.15) is 36.3 Å². The van der Waals surface area contributed by atoms with Gasteiger partial charge in [0.2, 0.25) is 6.30 Å². The molecule has 118 valence electrons. The largest absolute Gasteiger partial charge is 0.496 e. The molecule has 23 heavy (non-hydrogen) atoms. The average Bonchev–Trinajstić information content (AvgIpc) is 3.34. The SMILES string of the molecule is COc1ccccc1C(F)Nc1ncnc2[nH]c(C3CC3)cc12. The maximum absolute atomic E-state index is 14.7. The number of aromatic amines is 1. The van der Waals surface area contributed by atoms with E-state index < -0.39 is 6.30 Å². The lowest BCUT2D eigenvalue weighted by Crippen LogP contribution is -2.08. The number of fused-ring (bicyclic) bond motifs is 1. The quantitative estimate of drug-likeness (QED) is 0.701. The van der Waals surface area contributed by atoms with E-state index in [0.717, 1.165) is 16.7 Å². The molecule has 0 saturated heterocycles. The fourth-order valence-electron chi connectivity index (χ4n) is 2.76. The van der Waals surface area contributed by atoms with Crippen LogP contribution in [0.5, 0.6) is 5.75 Å². The second-order valence-electron chi connectivity index (χ2n) is 5.73. The Bertz CT molecular complexity index is 843. The molecular weight excluding hydrogens is 295 g/mol. The van der Waals surface area contributed by atoms with Crippen LogP contribution in [0, 0.1) is 0 Å². The first kappa shape index (κ1) is 14.0. The number of hydrogen-bond acceptors (Lipinski definition) is 4. The van der Waals surface area contributed by atoms with E-state index in [1.807, 2.05) is 12.1 Å². The van der Waals surface area contributed by atoms with Gasteiger partial charge in [-0.25, -0.2) is 14.4 Å². The molecule has 0 radical (unpaired) electrons. The van der Waals surface area contributed by atoms with Gasteiger partial charge in [-0.3, -0.25) is 0 Å². The van der Waals surface area contributed by atoms with Gasteiger partial charge >= 0.3 is 0 Å². The molecule has 6 heteroatoms. The molecule has 0 aliphatic heterocycles. The third-order valence-electron chi connectivity index (χ3n) is 4.14. The molecule has 1 fully saturated rings. The van der Waals surface area contributed by atoms with E-state index >= 15 is 0 Å². The average molecular weight is 312 g/mol. The smallest absolute Gasteiger partial charge is 0.200 e. The van der Waals surface area contributed by atoms with Crippen molar-refractivity contribution in [3.05, 3.63) is 47.9 Å². The van der Waals surface area contributed by atoms with Gasteiger partial charge in [-0.05, 0) is 30.9 Å². The Balaban J connectivity index is 1.66. The number of halogens is 1. The molecule has 1 atom stereocenters. The summed E-state index contributed by atoms with van der Waals surface area (Å²) >= 11 is 0. The summed E-state index contributed by atoms with van der Waals surface area (Å²) < 4.78 is 19.9. The van der Waals surface area contributed by atoms with Crippen molar-refractivity contribution in [2.75, 3.05) is 12.4 Å². The topological polar surface area (TPSA) is 62.8 Å². The van der Waals surface area contributed by atoms with Gasteiger partial charge in [-0.2, -0.15) is 0 Å². The van der Waals surface area contributed by atoms with Crippen molar-refractivity contribution in [1.82, 2.24) is 15.0 Å². The van der Waals surface area contributed by atoms with Gasteiger partial charge in [0.15, 0.2) is 0 Å². The number of benzene rings is 1. The number of para-hydroxylation sites is 1. The predicted molar refractivity (Wildman–Crippen MR) is 86.3 cm³/mol. The number of nitrogens with one attached hydrogen (secondary N) is 2. The minimum Gasteiger partial charge on any atom is -0.496 e. The lowest BCUT2D eigenvalue weighted by molar-refractivity contribution is 0.354. The highest BCUT2D eigenvalue weighted by Gasteiger charge is 2.26. The molecule has 1 aliphatic carbocycles. The maximum Gasteiger partial charge on any atom is 0.200 e. The first-order chi connectivity index (χ1) is 11.3. The maximum atomic E-state index is 14.7. The zero-order valence-corrected chi connectivity index (χ0v) is 12.7. The van der Waals surface area contributed by atoms with Crippen LogP contribution in [0.15, 0.2) is 36.7 Å². The molecule has 2 aromatic heterocycles. The van der Waals surface area contributed by atoms with Crippen molar-refractivity contribution in [2.24, 2.45) is 0 Å². The zero-order valence-electron chi connectivity index (χ0n) is 12.7. The van der Waals surface area contributed by atoms with Crippen LogP contribution in [-0.4, -0.2) is 22.1 Å². The zero-order chi connectivity index (χ0) is 15.8. The Morgan fingerprint density at radius 1 is 1.30 bits per heavy atom. The fraction of sp³-hybridized carbons (Fsp3) is 0.294. The molecule has 2 heterocycles. The Hall–Kier alpha value is -2.63. The molecule has 1 saturated carbocycles. The van der Waals surface area contributed by atoms with Crippen LogP contribution in [0.4, 0.5) is 10.2 Å². The van der Waals surface area contributed by atoms with E-state index in [9.17, 15) is 4.39 Å². The Labute approximate surface area is 132 Å². The molecule has 1 aliphatic rings. The minimum atomic E-state index is -1.41. The standard InChI is InChI=1S/C17H17FN4O/c1-23-14-5-3-2-4-11(14)15(18)22-17-12-8-13(10-6-7-10)21-16(12)19-9-20-17/h2-5,8-10,15H,6-7H2,1H3,(H2,19,20,21,22). The second-order valence-corrected chi connectivity index (χ2v) is 5.73. The monoisotopic (exact) mass is 312 g/mol. The van der Waals surface area contributed by atoms with Gasteiger partial charge < -0.3 is 15.0 Å². The summed E-state index contributed by atoms with van der Waals surface area (Å²) in [6.45, 7) is 0. The van der Waals surface area contributed by atoms with Gasteiger partial charge in [0, 0.05) is 11.3 Å². The molecule has 0 amide bonds. The molecular formula is C17H17FN4O. The van der Waals surface area contributed by atoms with Crippen molar-refractivity contribution >= 4 is 16.9 Å². The van der Waals surface area contributed by atoms with E-state index in [4.69, 9.17) is 4.74 Å². The summed E-state index contributed by atoms with van der Waals surface area (Å²) in [5, 5.41) is 3.64. The summed E-state index contributed by atoms with van der Waals surface area (Å²) in [5.41, 5.74) is 2.33. The van der Waals surface area contributed by atoms with Crippen LogP contribution in [0.25, 0.3) is 11.0 Å². The number of H-pyrrole nitrogens is 1. The summed E-state index contributed by atoms with van der Waals surface area (Å²) in [6, 6.07) is 9.04. The van der Waals surface area contributed by atoms with Crippen LogP contribution in [0.2, 0.25) is 0 Å². The third-order valence-corrected chi connectivity index (χ3v) is 4.14. The number of alkyl halides is 1. The molecule has 4 rings (SSSR count). The number of rotatable bonds is 5. The molecule has 1 aromatic carbocycles. The van der Waals surface area contributed by atoms with E-state index in [1.54, 1.807) is 18.2 Å². The number of anilines is 1. The van der Waals surface area contributed by atoms with Crippen LogP contribution >= 0.6 is 0 Å². The minimum absolute atomic E-state index is 0.444. The van der Waals surface area contributed by atoms with E-state index in [2.05, 4.69) is 20.3 Å². The second kappa shape index (κ2) is 5.53. The molecule has 0 bridgehead atoms. The van der Waals surface area contributed by atoms with Crippen molar-refractivity contribution in [1.29, 1.82) is 0 Å². The molecule has 2 N–H and O–H groups in total. The number of hydrogen-bond donors (Lipinski definition) is 2. The highest BCUT2D eigenvalue weighted by molar-refractivity contribution is 5.88. The van der Waals surface area contributed by atoms with E-state index in [1.165, 1.54) is 26.3 Å². The van der Waals surface area contributed by atoms with Crippen LogP contribution in [-0.2, 0) is 0 Å². The number of methoxy groups -OCH3 is 1. The van der Waals surface area contributed by atoms with Gasteiger partial charge in [0.25, 0.3) is 0 Å². The van der Waals surface area contributed by atoms with Crippen molar-refractivity contribution < 1.29 is 9.13 Å². The Morgan fingerprint density at radius 2 is 2.13 bits per heavy atom. The Kier molecular flexibility index (Phi) is 3.37. The first-order valence-corrected chi connectivity index (χ1v) is 7.63. The van der Waals surface area contributed by atoms with Gasteiger partial charge in [0.05, 0.1) is 12.5 Å². The molecule has 0 spiro atoms. The van der Waals surface area contributed by atoms with Crippen molar-refractivity contribution in [3.8, 4) is 5.75 Å². The van der Waals surface area contributed by atoms with Crippen LogP contribution in [0.3, 0.4) is 0 Å². The lowest BCUT2D eigenvalue weighted by atomic mass is 10.2. The van der Waals surface area contributed by atoms with Crippen molar-refractivity contribution in [3.63, 3.8) is 0 Å². The van der Waals surface area contributed by atoms with Crippen LogP contribution < -0.4 is 10.1 Å². The van der Waals surface area contributed by atoms with Gasteiger partial charge in [0.1, 0.15) is 23.5 Å². The summed E-state index contributed by atoms with van der Waals surface area (Å²) in [4.78, 5) is 11.7.